The Bertz CT molecular complexity index is 175. The Morgan fingerprint density at radius 1 is 1.55 bits per heavy atom. The van der Waals surface area contributed by atoms with Crippen LogP contribution in [0.3, 0.4) is 0 Å². The van der Waals surface area contributed by atoms with E-state index in [2.05, 4.69) is 4.99 Å². The second-order valence-corrected chi connectivity index (χ2v) is 2.87. The molecule has 1 rings (SSSR count). The molecule has 0 aliphatic carbocycles. The molecule has 1 aliphatic rings. The summed E-state index contributed by atoms with van der Waals surface area (Å²) < 4.78 is 5.50. The molecule has 11 heavy (non-hydrogen) atoms. The third-order valence-electron chi connectivity index (χ3n) is 1.43. The zero-order valence-electron chi connectivity index (χ0n) is 6.90. The summed E-state index contributed by atoms with van der Waals surface area (Å²) in [6, 6.07) is -0.0950. The van der Waals surface area contributed by atoms with Crippen LogP contribution in [0.1, 0.15) is 13.8 Å². The average Bonchev–Trinajstić information content (AvgIpc) is 1.93. The maximum Gasteiger partial charge on any atom is 0.0978 e. The number of hydrogen-bond donors (Lipinski definition) is 1. The molecule has 62 valence electrons. The van der Waals surface area contributed by atoms with Crippen molar-refractivity contribution in [2.75, 3.05) is 0 Å². The van der Waals surface area contributed by atoms with Gasteiger partial charge in [-0.05, 0) is 19.9 Å². The summed E-state index contributed by atoms with van der Waals surface area (Å²) in [5.41, 5.74) is 5.70. The van der Waals surface area contributed by atoms with Gasteiger partial charge in [-0.1, -0.05) is 0 Å². The summed E-state index contributed by atoms with van der Waals surface area (Å²) in [7, 11) is 0. The van der Waals surface area contributed by atoms with Crippen molar-refractivity contribution in [3.63, 3.8) is 0 Å². The Morgan fingerprint density at radius 3 is 2.82 bits per heavy atom. The van der Waals surface area contributed by atoms with Crippen LogP contribution >= 0.6 is 0 Å². The molecule has 0 saturated heterocycles. The fourth-order valence-electron chi connectivity index (χ4n) is 0.947. The van der Waals surface area contributed by atoms with Crippen molar-refractivity contribution in [2.24, 2.45) is 10.7 Å². The first kappa shape index (κ1) is 8.43. The highest BCUT2D eigenvalue weighted by molar-refractivity contribution is 5.67. The lowest BCUT2D eigenvalue weighted by atomic mass is 10.1. The van der Waals surface area contributed by atoms with Gasteiger partial charge in [-0.2, -0.15) is 0 Å². The van der Waals surface area contributed by atoms with Gasteiger partial charge in [0.15, 0.2) is 0 Å². The molecule has 0 saturated carbocycles. The molecule has 1 heterocycles. The SMILES string of the molecule is CC(C)OC1C=CN=CC1N. The predicted octanol–water partition coefficient (Wildman–Crippen LogP) is 0.705. The van der Waals surface area contributed by atoms with Crippen LogP contribution in [0, 0.1) is 0 Å². The van der Waals surface area contributed by atoms with E-state index in [0.717, 1.165) is 0 Å². The predicted molar refractivity (Wildman–Crippen MR) is 45.6 cm³/mol. The van der Waals surface area contributed by atoms with E-state index in [-0.39, 0.29) is 18.2 Å². The van der Waals surface area contributed by atoms with Crippen LogP contribution in [-0.4, -0.2) is 24.5 Å². The number of ether oxygens (including phenoxy) is 1. The zero-order chi connectivity index (χ0) is 8.27. The normalized spacial score (nSPS) is 29.8. The first-order valence-electron chi connectivity index (χ1n) is 3.81. The maximum atomic E-state index is 5.70. The van der Waals surface area contributed by atoms with Gasteiger partial charge in [-0.25, -0.2) is 0 Å². The van der Waals surface area contributed by atoms with E-state index in [9.17, 15) is 0 Å². The van der Waals surface area contributed by atoms with Gasteiger partial charge in [0.2, 0.25) is 0 Å². The lowest BCUT2D eigenvalue weighted by Gasteiger charge is -2.22. The molecule has 0 aromatic rings. The van der Waals surface area contributed by atoms with Crippen molar-refractivity contribution >= 4 is 6.21 Å². The zero-order valence-corrected chi connectivity index (χ0v) is 6.90. The van der Waals surface area contributed by atoms with Crippen LogP contribution in [0.15, 0.2) is 17.3 Å². The highest BCUT2D eigenvalue weighted by Gasteiger charge is 2.16. The van der Waals surface area contributed by atoms with Crippen molar-refractivity contribution in [3.8, 4) is 0 Å². The number of aliphatic imine (C=N–C) groups is 1. The molecule has 0 bridgehead atoms. The molecule has 2 atom stereocenters. The van der Waals surface area contributed by atoms with E-state index >= 15 is 0 Å². The van der Waals surface area contributed by atoms with Crippen molar-refractivity contribution in [2.45, 2.75) is 32.1 Å². The largest absolute Gasteiger partial charge is 0.369 e. The van der Waals surface area contributed by atoms with E-state index in [0.29, 0.717) is 0 Å². The summed E-state index contributed by atoms with van der Waals surface area (Å²) in [6.07, 6.45) is 5.50. The maximum absolute atomic E-state index is 5.70. The molecule has 3 heteroatoms. The fourth-order valence-corrected chi connectivity index (χ4v) is 0.947. The first-order chi connectivity index (χ1) is 5.20. The molecular weight excluding hydrogens is 140 g/mol. The monoisotopic (exact) mass is 154 g/mol. The van der Waals surface area contributed by atoms with Crippen molar-refractivity contribution in [1.82, 2.24) is 0 Å². The number of rotatable bonds is 2. The highest BCUT2D eigenvalue weighted by atomic mass is 16.5. The number of nitrogens with two attached hydrogens (primary N) is 1. The van der Waals surface area contributed by atoms with Gasteiger partial charge in [0.05, 0.1) is 18.2 Å². The van der Waals surface area contributed by atoms with E-state index in [1.165, 1.54) is 0 Å². The van der Waals surface area contributed by atoms with Gasteiger partial charge < -0.3 is 10.5 Å². The Hall–Kier alpha value is -0.670. The molecule has 0 aromatic carbocycles. The molecule has 0 radical (unpaired) electrons. The standard InChI is InChI=1S/C8H14N2O/c1-6(2)11-8-3-4-10-5-7(8)9/h3-8H,9H2,1-2H3. The molecule has 2 N–H and O–H groups in total. The quantitative estimate of drug-likeness (QED) is 0.636. The number of hydrogen-bond acceptors (Lipinski definition) is 3. The van der Waals surface area contributed by atoms with Crippen molar-refractivity contribution in [1.29, 1.82) is 0 Å². The van der Waals surface area contributed by atoms with Crippen molar-refractivity contribution in [3.05, 3.63) is 12.3 Å². The van der Waals surface area contributed by atoms with Crippen LogP contribution in [-0.2, 0) is 4.74 Å². The second-order valence-electron chi connectivity index (χ2n) is 2.87. The van der Waals surface area contributed by atoms with Crippen LogP contribution in [0.5, 0.6) is 0 Å². The fraction of sp³-hybridized carbons (Fsp3) is 0.625. The molecule has 1 aliphatic heterocycles. The van der Waals surface area contributed by atoms with Crippen molar-refractivity contribution < 1.29 is 4.74 Å². The Morgan fingerprint density at radius 2 is 2.27 bits per heavy atom. The Kier molecular flexibility index (Phi) is 2.79. The lowest BCUT2D eigenvalue weighted by molar-refractivity contribution is 0.0320. The minimum atomic E-state index is -0.0950. The first-order valence-corrected chi connectivity index (χ1v) is 3.81. The van der Waals surface area contributed by atoms with E-state index in [1.807, 2.05) is 19.9 Å². The van der Waals surface area contributed by atoms with Crippen LogP contribution in [0.2, 0.25) is 0 Å². The van der Waals surface area contributed by atoms with Gasteiger partial charge in [-0.15, -0.1) is 0 Å². The summed E-state index contributed by atoms with van der Waals surface area (Å²) >= 11 is 0. The molecule has 0 fully saturated rings. The summed E-state index contributed by atoms with van der Waals surface area (Å²) in [5.74, 6) is 0. The Balaban J connectivity index is 2.45. The van der Waals surface area contributed by atoms with Crippen LogP contribution < -0.4 is 5.73 Å². The van der Waals surface area contributed by atoms with Gasteiger partial charge >= 0.3 is 0 Å². The third-order valence-corrected chi connectivity index (χ3v) is 1.43. The minimum Gasteiger partial charge on any atom is -0.369 e. The topological polar surface area (TPSA) is 47.6 Å². The van der Waals surface area contributed by atoms with Crippen LogP contribution in [0.4, 0.5) is 0 Å². The molecule has 2 unspecified atom stereocenters. The third kappa shape index (κ3) is 2.44. The van der Waals surface area contributed by atoms with E-state index < -0.39 is 0 Å². The second kappa shape index (κ2) is 3.64. The molecular formula is C8H14N2O. The number of nitrogens with zero attached hydrogens (tertiary/aromatic N) is 1. The lowest BCUT2D eigenvalue weighted by Crippen LogP contribution is -2.39. The van der Waals surface area contributed by atoms with E-state index in [1.54, 1.807) is 12.4 Å². The summed E-state index contributed by atoms with van der Waals surface area (Å²) in [5, 5.41) is 0. The van der Waals surface area contributed by atoms with E-state index in [4.69, 9.17) is 10.5 Å². The molecule has 0 aromatic heterocycles. The highest BCUT2D eigenvalue weighted by Crippen LogP contribution is 2.05. The molecule has 0 spiro atoms. The average molecular weight is 154 g/mol. The minimum absolute atomic E-state index is 0.00694. The van der Waals surface area contributed by atoms with Crippen LogP contribution in [0.25, 0.3) is 0 Å². The molecule has 3 nitrogen and oxygen atoms in total. The summed E-state index contributed by atoms with van der Waals surface area (Å²) in [4.78, 5) is 3.91. The van der Waals surface area contributed by atoms with Gasteiger partial charge in [-0.3, -0.25) is 4.99 Å². The van der Waals surface area contributed by atoms with Gasteiger partial charge in [0.1, 0.15) is 0 Å². The van der Waals surface area contributed by atoms with Gasteiger partial charge in [0.25, 0.3) is 0 Å². The smallest absolute Gasteiger partial charge is 0.0978 e. The summed E-state index contributed by atoms with van der Waals surface area (Å²) in [6.45, 7) is 3.98. The van der Waals surface area contributed by atoms with Gasteiger partial charge in [0, 0.05) is 12.4 Å². The Labute approximate surface area is 66.9 Å². The molecule has 0 amide bonds.